The maximum absolute atomic E-state index is 11.6. The quantitative estimate of drug-likeness (QED) is 0.683. The predicted octanol–water partition coefficient (Wildman–Crippen LogP) is 2.31. The van der Waals surface area contributed by atoms with Crippen molar-refractivity contribution in [3.8, 4) is 5.75 Å². The summed E-state index contributed by atoms with van der Waals surface area (Å²) in [6, 6.07) is 13.0. The third kappa shape index (κ3) is 3.76. The molecule has 0 saturated carbocycles. The van der Waals surface area contributed by atoms with Gasteiger partial charge in [0.05, 0.1) is 35.7 Å². The molecule has 148 valence electrons. The zero-order valence-electron chi connectivity index (χ0n) is 15.9. The number of nitrogens with one attached hydrogen (secondary N) is 1. The Hall–Kier alpha value is -2.42. The molecule has 1 aliphatic rings. The SMILES string of the molecule is COc1ccc2nc3n(c2c1)C(CNCc1ccc(S(C)(=O)=O)cc1)COC3. The molecule has 0 radical (unpaired) electrons. The van der Waals surface area contributed by atoms with E-state index in [9.17, 15) is 8.42 Å². The Morgan fingerprint density at radius 2 is 2.04 bits per heavy atom. The van der Waals surface area contributed by atoms with Crippen LogP contribution in [0.4, 0.5) is 0 Å². The second kappa shape index (κ2) is 7.54. The molecule has 1 atom stereocenters. The van der Waals surface area contributed by atoms with Crippen molar-refractivity contribution in [2.24, 2.45) is 0 Å². The minimum atomic E-state index is -3.17. The van der Waals surface area contributed by atoms with Crippen molar-refractivity contribution >= 4 is 20.9 Å². The minimum absolute atomic E-state index is 0.121. The smallest absolute Gasteiger partial charge is 0.175 e. The number of hydrogen-bond acceptors (Lipinski definition) is 6. The number of sulfone groups is 1. The van der Waals surface area contributed by atoms with Crippen molar-refractivity contribution in [2.45, 2.75) is 24.1 Å². The molecule has 0 aliphatic carbocycles. The molecule has 1 unspecified atom stereocenters. The monoisotopic (exact) mass is 401 g/mol. The van der Waals surface area contributed by atoms with Crippen LogP contribution in [-0.4, -0.2) is 44.5 Å². The van der Waals surface area contributed by atoms with Crippen LogP contribution in [0, 0.1) is 0 Å². The van der Waals surface area contributed by atoms with Crippen molar-refractivity contribution < 1.29 is 17.9 Å². The predicted molar refractivity (Wildman–Crippen MR) is 106 cm³/mol. The molecular formula is C20H23N3O4S. The standard InChI is InChI=1S/C20H23N3O4S/c1-26-16-5-8-18-19(9-16)23-15(12-27-13-20(23)22-18)11-21-10-14-3-6-17(7-4-14)28(2,24)25/h3-9,15,21H,10-13H2,1-2H3. The molecule has 0 saturated heterocycles. The molecule has 1 aliphatic heterocycles. The van der Waals surface area contributed by atoms with Gasteiger partial charge in [-0.05, 0) is 29.8 Å². The molecule has 7 nitrogen and oxygen atoms in total. The van der Waals surface area contributed by atoms with Crippen LogP contribution < -0.4 is 10.1 Å². The topological polar surface area (TPSA) is 82.5 Å². The number of aromatic nitrogens is 2. The van der Waals surface area contributed by atoms with Crippen molar-refractivity contribution in [1.82, 2.24) is 14.9 Å². The Morgan fingerprint density at radius 3 is 2.75 bits per heavy atom. The molecule has 0 bridgehead atoms. The lowest BCUT2D eigenvalue weighted by atomic mass is 10.2. The van der Waals surface area contributed by atoms with Gasteiger partial charge in [0.1, 0.15) is 18.2 Å². The van der Waals surface area contributed by atoms with E-state index < -0.39 is 9.84 Å². The summed E-state index contributed by atoms with van der Waals surface area (Å²) in [5.41, 5.74) is 3.01. The van der Waals surface area contributed by atoms with Crippen LogP contribution in [0.3, 0.4) is 0 Å². The van der Waals surface area contributed by atoms with Gasteiger partial charge in [-0.2, -0.15) is 0 Å². The largest absolute Gasteiger partial charge is 0.497 e. The lowest BCUT2D eigenvalue weighted by Gasteiger charge is -2.26. The fourth-order valence-electron chi connectivity index (χ4n) is 3.51. The van der Waals surface area contributed by atoms with E-state index in [-0.39, 0.29) is 6.04 Å². The van der Waals surface area contributed by atoms with Crippen molar-refractivity contribution in [1.29, 1.82) is 0 Å². The van der Waals surface area contributed by atoms with Crippen LogP contribution in [0.5, 0.6) is 5.75 Å². The van der Waals surface area contributed by atoms with E-state index in [1.54, 1.807) is 19.2 Å². The van der Waals surface area contributed by atoms with Crippen molar-refractivity contribution in [3.63, 3.8) is 0 Å². The number of methoxy groups -OCH3 is 1. The Labute approximate surface area is 164 Å². The van der Waals surface area contributed by atoms with Crippen LogP contribution in [0.25, 0.3) is 11.0 Å². The van der Waals surface area contributed by atoms with E-state index in [1.165, 1.54) is 6.26 Å². The molecule has 4 rings (SSSR count). The van der Waals surface area contributed by atoms with E-state index in [4.69, 9.17) is 9.47 Å². The summed E-state index contributed by atoms with van der Waals surface area (Å²) in [6.45, 7) is 2.46. The molecule has 0 fully saturated rings. The van der Waals surface area contributed by atoms with Gasteiger partial charge in [-0.25, -0.2) is 13.4 Å². The van der Waals surface area contributed by atoms with Crippen LogP contribution in [-0.2, 0) is 27.7 Å². The average molecular weight is 401 g/mol. The Kier molecular flexibility index (Phi) is 5.09. The summed E-state index contributed by atoms with van der Waals surface area (Å²) in [5, 5.41) is 3.44. The highest BCUT2D eigenvalue weighted by atomic mass is 32.2. The van der Waals surface area contributed by atoms with Crippen LogP contribution in [0.15, 0.2) is 47.4 Å². The van der Waals surface area contributed by atoms with Gasteiger partial charge in [0, 0.05) is 25.4 Å². The van der Waals surface area contributed by atoms with Gasteiger partial charge in [-0.1, -0.05) is 12.1 Å². The number of hydrogen-bond donors (Lipinski definition) is 1. The molecular weight excluding hydrogens is 378 g/mol. The molecule has 0 amide bonds. The van der Waals surface area contributed by atoms with E-state index in [2.05, 4.69) is 14.9 Å². The Bertz CT molecular complexity index is 1090. The van der Waals surface area contributed by atoms with Gasteiger partial charge in [0.15, 0.2) is 9.84 Å². The zero-order chi connectivity index (χ0) is 19.7. The molecule has 2 heterocycles. The number of ether oxygens (including phenoxy) is 2. The maximum Gasteiger partial charge on any atom is 0.175 e. The fourth-order valence-corrected chi connectivity index (χ4v) is 4.14. The number of rotatable bonds is 6. The van der Waals surface area contributed by atoms with Crippen LogP contribution >= 0.6 is 0 Å². The fraction of sp³-hybridized carbons (Fsp3) is 0.350. The van der Waals surface area contributed by atoms with E-state index in [0.717, 1.165) is 28.2 Å². The summed E-state index contributed by atoms with van der Waals surface area (Å²) >= 11 is 0. The first-order valence-electron chi connectivity index (χ1n) is 9.08. The van der Waals surface area contributed by atoms with Gasteiger partial charge < -0.3 is 19.4 Å². The molecule has 8 heteroatoms. The van der Waals surface area contributed by atoms with Gasteiger partial charge in [0.25, 0.3) is 0 Å². The first kappa shape index (κ1) is 18.9. The van der Waals surface area contributed by atoms with Crippen molar-refractivity contribution in [3.05, 3.63) is 53.9 Å². The second-order valence-electron chi connectivity index (χ2n) is 6.97. The number of benzene rings is 2. The van der Waals surface area contributed by atoms with Gasteiger partial charge in [0.2, 0.25) is 0 Å². The molecule has 28 heavy (non-hydrogen) atoms. The van der Waals surface area contributed by atoms with Gasteiger partial charge >= 0.3 is 0 Å². The Morgan fingerprint density at radius 1 is 1.25 bits per heavy atom. The van der Waals surface area contributed by atoms with Crippen LogP contribution in [0.2, 0.25) is 0 Å². The average Bonchev–Trinajstić information content (AvgIpc) is 3.06. The van der Waals surface area contributed by atoms with E-state index in [1.807, 2.05) is 30.3 Å². The first-order chi connectivity index (χ1) is 13.5. The number of nitrogens with zero attached hydrogens (tertiary/aromatic N) is 2. The summed E-state index contributed by atoms with van der Waals surface area (Å²) in [7, 11) is -1.51. The summed E-state index contributed by atoms with van der Waals surface area (Å²) in [6.07, 6.45) is 1.21. The normalized spacial score (nSPS) is 16.9. The second-order valence-corrected chi connectivity index (χ2v) is 8.98. The highest BCUT2D eigenvalue weighted by Crippen LogP contribution is 2.28. The van der Waals surface area contributed by atoms with Gasteiger partial charge in [-0.3, -0.25) is 0 Å². The molecule has 1 N–H and O–H groups in total. The first-order valence-corrected chi connectivity index (χ1v) is 11.0. The molecule has 0 spiro atoms. The highest BCUT2D eigenvalue weighted by Gasteiger charge is 2.24. The summed E-state index contributed by atoms with van der Waals surface area (Å²) < 4.78 is 36.4. The van der Waals surface area contributed by atoms with Crippen molar-refractivity contribution in [2.75, 3.05) is 26.5 Å². The molecule has 3 aromatic rings. The lowest BCUT2D eigenvalue weighted by molar-refractivity contribution is 0.0564. The minimum Gasteiger partial charge on any atom is -0.497 e. The third-order valence-corrected chi connectivity index (χ3v) is 6.07. The third-order valence-electron chi connectivity index (χ3n) is 4.94. The highest BCUT2D eigenvalue weighted by molar-refractivity contribution is 7.90. The van der Waals surface area contributed by atoms with Crippen LogP contribution in [0.1, 0.15) is 17.4 Å². The molecule has 1 aromatic heterocycles. The number of imidazole rings is 1. The number of fused-ring (bicyclic) bond motifs is 3. The van der Waals surface area contributed by atoms with Gasteiger partial charge in [-0.15, -0.1) is 0 Å². The van der Waals surface area contributed by atoms with E-state index in [0.29, 0.717) is 31.2 Å². The molecule has 2 aromatic carbocycles. The summed E-state index contributed by atoms with van der Waals surface area (Å²) in [4.78, 5) is 5.01. The zero-order valence-corrected chi connectivity index (χ0v) is 16.7. The Balaban J connectivity index is 1.48. The lowest BCUT2D eigenvalue weighted by Crippen LogP contribution is -2.32. The summed E-state index contributed by atoms with van der Waals surface area (Å²) in [5.74, 6) is 1.72. The van der Waals surface area contributed by atoms with E-state index >= 15 is 0 Å². The maximum atomic E-state index is 11.6.